The first-order valence-electron chi connectivity index (χ1n) is 5.04. The molecule has 1 aliphatic rings. The summed E-state index contributed by atoms with van der Waals surface area (Å²) in [5, 5.41) is 0. The average molecular weight is 226 g/mol. The largest absolute Gasteiger partial charge is 0.398 e. The second kappa shape index (κ2) is 3.68. The minimum absolute atomic E-state index is 0.788. The Kier molecular flexibility index (Phi) is 2.18. The van der Waals surface area contributed by atoms with Crippen LogP contribution in [0.1, 0.15) is 5.56 Å². The first kappa shape index (κ1) is 9.48. The van der Waals surface area contributed by atoms with E-state index in [4.69, 9.17) is 5.73 Å². The molecular weight excluding hydrogens is 216 g/mol. The molecule has 2 nitrogen and oxygen atoms in total. The summed E-state index contributed by atoms with van der Waals surface area (Å²) >= 11 is 1.68. The van der Waals surface area contributed by atoms with E-state index in [-0.39, 0.29) is 0 Å². The van der Waals surface area contributed by atoms with Crippen LogP contribution in [-0.2, 0) is 0 Å². The summed E-state index contributed by atoms with van der Waals surface area (Å²) in [6, 6.07) is 14.0. The van der Waals surface area contributed by atoms with Crippen LogP contribution in [0.2, 0.25) is 0 Å². The maximum atomic E-state index is 5.97. The summed E-state index contributed by atoms with van der Waals surface area (Å²) < 4.78 is 0. The van der Waals surface area contributed by atoms with E-state index in [9.17, 15) is 0 Å². The molecule has 0 aromatic heterocycles. The number of hydrogen-bond donors (Lipinski definition) is 1. The van der Waals surface area contributed by atoms with Crippen molar-refractivity contribution in [2.45, 2.75) is 9.79 Å². The number of hydrogen-bond acceptors (Lipinski definition) is 3. The van der Waals surface area contributed by atoms with Gasteiger partial charge < -0.3 is 5.73 Å². The fraction of sp³-hybridized carbons (Fsp3) is 0. The first-order chi connectivity index (χ1) is 7.84. The molecule has 0 saturated heterocycles. The second-order valence-electron chi connectivity index (χ2n) is 3.59. The molecule has 3 heteroatoms. The molecule has 78 valence electrons. The van der Waals surface area contributed by atoms with Crippen molar-refractivity contribution in [3.63, 3.8) is 0 Å². The molecule has 2 aromatic rings. The van der Waals surface area contributed by atoms with Crippen molar-refractivity contribution >= 4 is 29.4 Å². The zero-order valence-electron chi connectivity index (χ0n) is 8.55. The number of nitrogens with two attached hydrogens (primary N) is 1. The number of fused-ring (bicyclic) bond motifs is 2. The Bertz CT molecular complexity index is 576. The second-order valence-corrected chi connectivity index (χ2v) is 4.65. The van der Waals surface area contributed by atoms with E-state index in [2.05, 4.69) is 17.1 Å². The average Bonchev–Trinajstić information content (AvgIpc) is 2.50. The van der Waals surface area contributed by atoms with Gasteiger partial charge in [0, 0.05) is 22.4 Å². The number of benzene rings is 2. The quantitative estimate of drug-likeness (QED) is 0.596. The Hall–Kier alpha value is -1.74. The van der Waals surface area contributed by atoms with Gasteiger partial charge in [-0.2, -0.15) is 0 Å². The van der Waals surface area contributed by atoms with Crippen molar-refractivity contribution in [1.82, 2.24) is 0 Å². The molecule has 0 aliphatic carbocycles. The van der Waals surface area contributed by atoms with Crippen LogP contribution in [0, 0.1) is 0 Å². The highest BCUT2D eigenvalue weighted by Gasteiger charge is 2.12. The molecule has 3 rings (SSSR count). The molecule has 2 N–H and O–H groups in total. The maximum Gasteiger partial charge on any atom is 0.0790 e. The Labute approximate surface area is 98.2 Å². The van der Waals surface area contributed by atoms with Crippen LogP contribution in [0.15, 0.2) is 57.2 Å². The van der Waals surface area contributed by atoms with Crippen LogP contribution in [-0.4, -0.2) is 6.21 Å². The Morgan fingerprint density at radius 2 is 1.88 bits per heavy atom. The van der Waals surface area contributed by atoms with Crippen molar-refractivity contribution < 1.29 is 0 Å². The normalized spacial score (nSPS) is 12.8. The van der Waals surface area contributed by atoms with E-state index in [1.54, 1.807) is 11.8 Å². The van der Waals surface area contributed by atoms with Crippen LogP contribution in [0.5, 0.6) is 0 Å². The summed E-state index contributed by atoms with van der Waals surface area (Å²) in [4.78, 5) is 6.71. The lowest BCUT2D eigenvalue weighted by molar-refractivity contribution is 1.39. The number of aliphatic imine (C=N–C) groups is 1. The Balaban J connectivity index is 2.22. The molecule has 0 atom stereocenters. The lowest BCUT2D eigenvalue weighted by atomic mass is 10.2. The SMILES string of the molecule is Nc1cccc2c1Sc1ccccc1C=N2. The summed E-state index contributed by atoms with van der Waals surface area (Å²) in [7, 11) is 0. The zero-order chi connectivity index (χ0) is 11.0. The topological polar surface area (TPSA) is 38.4 Å². The van der Waals surface area contributed by atoms with E-state index in [1.165, 1.54) is 4.90 Å². The lowest BCUT2D eigenvalue weighted by Gasteiger charge is -2.06. The van der Waals surface area contributed by atoms with Crippen LogP contribution in [0.3, 0.4) is 0 Å². The van der Waals surface area contributed by atoms with Gasteiger partial charge in [-0.25, -0.2) is 0 Å². The van der Waals surface area contributed by atoms with Crippen LogP contribution >= 0.6 is 11.8 Å². The highest BCUT2D eigenvalue weighted by molar-refractivity contribution is 7.99. The van der Waals surface area contributed by atoms with Gasteiger partial charge in [-0.05, 0) is 18.2 Å². The number of nitrogens with zero attached hydrogens (tertiary/aromatic N) is 1. The molecule has 0 bridgehead atoms. The summed E-state index contributed by atoms with van der Waals surface area (Å²) in [6.07, 6.45) is 1.90. The van der Waals surface area contributed by atoms with Crippen molar-refractivity contribution in [2.24, 2.45) is 4.99 Å². The van der Waals surface area contributed by atoms with Gasteiger partial charge in [-0.15, -0.1) is 0 Å². The minimum Gasteiger partial charge on any atom is -0.398 e. The molecule has 0 unspecified atom stereocenters. The molecule has 1 heterocycles. The van der Waals surface area contributed by atoms with Gasteiger partial charge in [-0.3, -0.25) is 4.99 Å². The minimum atomic E-state index is 0.788. The van der Waals surface area contributed by atoms with Crippen LogP contribution < -0.4 is 5.73 Å². The third-order valence-electron chi connectivity index (χ3n) is 2.50. The van der Waals surface area contributed by atoms with E-state index in [0.29, 0.717) is 0 Å². The van der Waals surface area contributed by atoms with Crippen LogP contribution in [0.25, 0.3) is 0 Å². The monoisotopic (exact) mass is 226 g/mol. The molecule has 0 spiro atoms. The third-order valence-corrected chi connectivity index (χ3v) is 3.74. The predicted octanol–water partition coefficient (Wildman–Crippen LogP) is 3.48. The number of rotatable bonds is 0. The Morgan fingerprint density at radius 1 is 1.00 bits per heavy atom. The standard InChI is InChI=1S/C13H10N2S/c14-10-5-3-6-11-13(10)16-12-7-2-1-4-9(12)8-15-11/h1-8H,14H2. The smallest absolute Gasteiger partial charge is 0.0790 e. The summed E-state index contributed by atoms with van der Waals surface area (Å²) in [6.45, 7) is 0. The van der Waals surface area contributed by atoms with E-state index in [1.807, 2.05) is 36.5 Å². The highest BCUT2D eigenvalue weighted by atomic mass is 32.2. The first-order valence-corrected chi connectivity index (χ1v) is 5.86. The van der Waals surface area contributed by atoms with Gasteiger partial charge in [0.05, 0.1) is 10.6 Å². The van der Waals surface area contributed by atoms with E-state index < -0.39 is 0 Å². The summed E-state index contributed by atoms with van der Waals surface area (Å²) in [5.41, 5.74) is 8.85. The van der Waals surface area contributed by atoms with E-state index in [0.717, 1.165) is 21.8 Å². The molecule has 0 saturated carbocycles. The molecule has 2 aromatic carbocycles. The number of anilines is 1. The summed E-state index contributed by atoms with van der Waals surface area (Å²) in [5.74, 6) is 0. The predicted molar refractivity (Wildman–Crippen MR) is 68.7 cm³/mol. The van der Waals surface area contributed by atoms with Gasteiger partial charge in [0.15, 0.2) is 0 Å². The fourth-order valence-corrected chi connectivity index (χ4v) is 2.70. The zero-order valence-corrected chi connectivity index (χ0v) is 9.37. The molecule has 1 aliphatic heterocycles. The third kappa shape index (κ3) is 1.49. The van der Waals surface area contributed by atoms with Gasteiger partial charge >= 0.3 is 0 Å². The van der Waals surface area contributed by atoms with Crippen molar-refractivity contribution in [3.05, 3.63) is 48.0 Å². The van der Waals surface area contributed by atoms with Crippen molar-refractivity contribution in [2.75, 3.05) is 5.73 Å². The highest BCUT2D eigenvalue weighted by Crippen LogP contribution is 2.41. The maximum absolute atomic E-state index is 5.97. The molecule has 0 amide bonds. The molecular formula is C13H10N2S. The van der Waals surface area contributed by atoms with Gasteiger partial charge in [0.1, 0.15) is 0 Å². The fourth-order valence-electron chi connectivity index (χ4n) is 1.68. The molecule has 0 radical (unpaired) electrons. The van der Waals surface area contributed by atoms with Gasteiger partial charge in [0.2, 0.25) is 0 Å². The Morgan fingerprint density at radius 3 is 2.81 bits per heavy atom. The van der Waals surface area contributed by atoms with Crippen LogP contribution in [0.4, 0.5) is 11.4 Å². The van der Waals surface area contributed by atoms with Gasteiger partial charge in [0.25, 0.3) is 0 Å². The molecule has 16 heavy (non-hydrogen) atoms. The lowest BCUT2D eigenvalue weighted by Crippen LogP contribution is -1.87. The van der Waals surface area contributed by atoms with E-state index >= 15 is 0 Å². The molecule has 0 fully saturated rings. The van der Waals surface area contributed by atoms with Crippen molar-refractivity contribution in [1.29, 1.82) is 0 Å². The number of nitrogen functional groups attached to an aromatic ring is 1. The van der Waals surface area contributed by atoms with Crippen molar-refractivity contribution in [3.8, 4) is 0 Å². The van der Waals surface area contributed by atoms with Gasteiger partial charge in [-0.1, -0.05) is 36.0 Å².